The number of fused-ring (bicyclic) bond motifs is 1. The zero-order valence-electron chi connectivity index (χ0n) is 18.6. The fourth-order valence-corrected chi connectivity index (χ4v) is 4.89. The SMILES string of the molecule is CCOc1nc(N)c2c(n1)CCN(c1ccc([C@H]3CC[C@H](C(C)C(=O)O)CC3)cc1)C2=O. The van der Waals surface area contributed by atoms with Crippen LogP contribution in [0.25, 0.3) is 0 Å². The van der Waals surface area contributed by atoms with Crippen molar-refractivity contribution < 1.29 is 19.4 Å². The van der Waals surface area contributed by atoms with Crippen LogP contribution >= 0.6 is 0 Å². The molecule has 1 amide bonds. The molecule has 8 heteroatoms. The van der Waals surface area contributed by atoms with Gasteiger partial charge in [-0.3, -0.25) is 9.59 Å². The second-order valence-electron chi connectivity index (χ2n) is 8.68. The minimum absolute atomic E-state index is 0.150. The Morgan fingerprint density at radius 2 is 1.91 bits per heavy atom. The maximum atomic E-state index is 13.1. The number of anilines is 2. The van der Waals surface area contributed by atoms with Gasteiger partial charge in [0, 0.05) is 18.7 Å². The van der Waals surface area contributed by atoms with Gasteiger partial charge in [0.1, 0.15) is 11.4 Å². The standard InChI is InChI=1S/C24H30N4O4/c1-3-32-24-26-19-12-13-28(22(29)20(19)21(25)27-24)18-10-8-17(9-11-18)16-6-4-15(5-7-16)14(2)23(30)31/h8-11,14-16H,3-7,12-13H2,1-2H3,(H,30,31)(H2,25,26,27)/t14?,15-,16-. The Balaban J connectivity index is 1.45. The van der Waals surface area contributed by atoms with E-state index < -0.39 is 5.97 Å². The summed E-state index contributed by atoms with van der Waals surface area (Å²) in [6.45, 7) is 4.61. The van der Waals surface area contributed by atoms with Gasteiger partial charge in [0.2, 0.25) is 0 Å². The zero-order valence-corrected chi connectivity index (χ0v) is 18.6. The lowest BCUT2D eigenvalue weighted by Crippen LogP contribution is -2.39. The van der Waals surface area contributed by atoms with Crippen molar-refractivity contribution in [1.82, 2.24) is 9.97 Å². The average molecular weight is 439 g/mol. The van der Waals surface area contributed by atoms with Crippen molar-refractivity contribution in [2.75, 3.05) is 23.8 Å². The van der Waals surface area contributed by atoms with E-state index in [1.807, 2.05) is 26.0 Å². The molecule has 0 radical (unpaired) electrons. The predicted molar refractivity (Wildman–Crippen MR) is 121 cm³/mol. The number of nitrogens with zero attached hydrogens (tertiary/aromatic N) is 3. The first-order valence-electron chi connectivity index (χ1n) is 11.3. The first-order valence-corrected chi connectivity index (χ1v) is 11.3. The van der Waals surface area contributed by atoms with E-state index in [1.54, 1.807) is 4.90 Å². The summed E-state index contributed by atoms with van der Waals surface area (Å²) in [5, 5.41) is 9.25. The fourth-order valence-electron chi connectivity index (χ4n) is 4.89. The highest BCUT2D eigenvalue weighted by Gasteiger charge is 2.32. The fraction of sp³-hybridized carbons (Fsp3) is 0.500. The molecule has 4 rings (SSSR count). The van der Waals surface area contributed by atoms with Crippen molar-refractivity contribution >= 4 is 23.4 Å². The number of hydrogen-bond donors (Lipinski definition) is 2. The molecule has 2 aromatic rings. The number of amides is 1. The van der Waals surface area contributed by atoms with Crippen LogP contribution in [0.1, 0.15) is 67.1 Å². The van der Waals surface area contributed by atoms with E-state index in [2.05, 4.69) is 22.1 Å². The molecule has 0 bridgehead atoms. The lowest BCUT2D eigenvalue weighted by atomic mass is 9.74. The smallest absolute Gasteiger partial charge is 0.318 e. The maximum absolute atomic E-state index is 13.1. The minimum Gasteiger partial charge on any atom is -0.481 e. The van der Waals surface area contributed by atoms with Crippen LogP contribution in [0.4, 0.5) is 11.5 Å². The number of hydrogen-bond acceptors (Lipinski definition) is 6. The lowest BCUT2D eigenvalue weighted by Gasteiger charge is -2.31. The van der Waals surface area contributed by atoms with Gasteiger partial charge in [0.25, 0.3) is 5.91 Å². The van der Waals surface area contributed by atoms with E-state index in [9.17, 15) is 14.7 Å². The molecule has 2 aliphatic rings. The lowest BCUT2D eigenvalue weighted by molar-refractivity contribution is -0.143. The zero-order chi connectivity index (χ0) is 22.8. The van der Waals surface area contributed by atoms with E-state index in [1.165, 1.54) is 5.56 Å². The molecule has 1 aliphatic heterocycles. The highest BCUT2D eigenvalue weighted by atomic mass is 16.5. The highest BCUT2D eigenvalue weighted by molar-refractivity contribution is 6.10. The van der Waals surface area contributed by atoms with Crippen molar-refractivity contribution in [3.63, 3.8) is 0 Å². The second-order valence-corrected chi connectivity index (χ2v) is 8.68. The third-order valence-corrected chi connectivity index (χ3v) is 6.84. The Kier molecular flexibility index (Phi) is 6.30. The first-order chi connectivity index (χ1) is 15.4. The summed E-state index contributed by atoms with van der Waals surface area (Å²) in [6.07, 6.45) is 4.44. The van der Waals surface area contributed by atoms with Gasteiger partial charge in [0.15, 0.2) is 0 Å². The molecule has 1 atom stereocenters. The number of carbonyl (C=O) groups excluding carboxylic acids is 1. The maximum Gasteiger partial charge on any atom is 0.318 e. The van der Waals surface area contributed by atoms with Crippen molar-refractivity contribution in [2.45, 2.75) is 51.9 Å². The molecule has 32 heavy (non-hydrogen) atoms. The molecule has 1 aromatic carbocycles. The van der Waals surface area contributed by atoms with Crippen molar-refractivity contribution in [3.05, 3.63) is 41.1 Å². The van der Waals surface area contributed by atoms with Crippen LogP contribution in [0.2, 0.25) is 0 Å². The van der Waals surface area contributed by atoms with Crippen molar-refractivity contribution in [3.8, 4) is 6.01 Å². The van der Waals surface area contributed by atoms with Crippen LogP contribution in [0.15, 0.2) is 24.3 Å². The normalized spacial score (nSPS) is 21.7. The molecular formula is C24H30N4O4. The van der Waals surface area contributed by atoms with Gasteiger partial charge >= 0.3 is 12.0 Å². The van der Waals surface area contributed by atoms with E-state index in [4.69, 9.17) is 10.5 Å². The topological polar surface area (TPSA) is 119 Å². The number of nitrogens with two attached hydrogens (primary N) is 1. The van der Waals surface area contributed by atoms with E-state index in [0.717, 1.165) is 31.4 Å². The second kappa shape index (κ2) is 9.14. The molecule has 3 N–H and O–H groups in total. The van der Waals surface area contributed by atoms with Gasteiger partial charge in [-0.2, -0.15) is 9.97 Å². The average Bonchev–Trinajstić information content (AvgIpc) is 2.79. The van der Waals surface area contributed by atoms with Gasteiger partial charge in [0.05, 0.1) is 18.2 Å². The molecule has 8 nitrogen and oxygen atoms in total. The third kappa shape index (κ3) is 4.26. The quantitative estimate of drug-likeness (QED) is 0.706. The Hall–Kier alpha value is -3.16. The summed E-state index contributed by atoms with van der Waals surface area (Å²) in [4.78, 5) is 34.6. The van der Waals surface area contributed by atoms with Gasteiger partial charge in [-0.15, -0.1) is 0 Å². The molecule has 1 aromatic heterocycles. The van der Waals surface area contributed by atoms with Crippen LogP contribution in [0, 0.1) is 11.8 Å². The molecule has 1 aliphatic carbocycles. The van der Waals surface area contributed by atoms with Crippen LogP contribution in [0.5, 0.6) is 6.01 Å². The third-order valence-electron chi connectivity index (χ3n) is 6.84. The molecular weight excluding hydrogens is 408 g/mol. The van der Waals surface area contributed by atoms with Gasteiger partial charge in [-0.25, -0.2) is 0 Å². The Morgan fingerprint density at radius 1 is 1.22 bits per heavy atom. The summed E-state index contributed by atoms with van der Waals surface area (Å²) >= 11 is 0. The largest absolute Gasteiger partial charge is 0.481 e. The van der Waals surface area contributed by atoms with Gasteiger partial charge in [-0.1, -0.05) is 19.1 Å². The molecule has 170 valence electrons. The number of rotatable bonds is 6. The highest BCUT2D eigenvalue weighted by Crippen LogP contribution is 2.39. The molecule has 1 fully saturated rings. The van der Waals surface area contributed by atoms with Gasteiger partial charge in [-0.05, 0) is 62.1 Å². The summed E-state index contributed by atoms with van der Waals surface area (Å²) in [5.74, 6) is -0.344. The number of benzene rings is 1. The summed E-state index contributed by atoms with van der Waals surface area (Å²) in [6, 6.07) is 8.34. The number of carboxylic acid groups (broad SMARTS) is 1. The Labute approximate surface area is 187 Å². The molecule has 0 saturated heterocycles. The van der Waals surface area contributed by atoms with E-state index in [-0.39, 0.29) is 29.6 Å². The van der Waals surface area contributed by atoms with Crippen LogP contribution in [0.3, 0.4) is 0 Å². The van der Waals surface area contributed by atoms with E-state index in [0.29, 0.717) is 36.7 Å². The number of aliphatic carboxylic acids is 1. The molecule has 0 spiro atoms. The summed E-state index contributed by atoms with van der Waals surface area (Å²) in [5.41, 5.74) is 9.11. The number of ether oxygens (including phenoxy) is 1. The summed E-state index contributed by atoms with van der Waals surface area (Å²) in [7, 11) is 0. The predicted octanol–water partition coefficient (Wildman–Crippen LogP) is 3.65. The number of carboxylic acids is 1. The monoisotopic (exact) mass is 438 g/mol. The molecule has 1 saturated carbocycles. The van der Waals surface area contributed by atoms with Crippen molar-refractivity contribution in [1.29, 1.82) is 0 Å². The van der Waals surface area contributed by atoms with E-state index >= 15 is 0 Å². The summed E-state index contributed by atoms with van der Waals surface area (Å²) < 4.78 is 5.35. The van der Waals surface area contributed by atoms with Crippen LogP contribution in [-0.4, -0.2) is 40.1 Å². The minimum atomic E-state index is -0.703. The van der Waals surface area contributed by atoms with Crippen LogP contribution < -0.4 is 15.4 Å². The number of aromatic nitrogens is 2. The number of carbonyl (C=O) groups is 2. The Bertz CT molecular complexity index is 1000. The number of nitrogen functional groups attached to an aromatic ring is 1. The van der Waals surface area contributed by atoms with Gasteiger partial charge < -0.3 is 20.5 Å². The molecule has 2 heterocycles. The Morgan fingerprint density at radius 3 is 2.53 bits per heavy atom. The first kappa shape index (κ1) is 22.0. The molecule has 1 unspecified atom stereocenters. The van der Waals surface area contributed by atoms with Crippen molar-refractivity contribution in [2.24, 2.45) is 11.8 Å². The van der Waals surface area contributed by atoms with Crippen LogP contribution in [-0.2, 0) is 11.2 Å².